The third kappa shape index (κ3) is 5.54. The Morgan fingerprint density at radius 3 is 1.81 bits per heavy atom. The number of hydrogen-bond donors (Lipinski definition) is 0. The van der Waals surface area contributed by atoms with Crippen molar-refractivity contribution in [2.75, 3.05) is 6.61 Å². The van der Waals surface area contributed by atoms with Crippen LogP contribution in [-0.2, 0) is 8.85 Å². The van der Waals surface area contributed by atoms with Crippen molar-refractivity contribution in [2.45, 2.75) is 65.4 Å². The van der Waals surface area contributed by atoms with Gasteiger partial charge in [0, 0.05) is 12.7 Å². The third-order valence-electron chi connectivity index (χ3n) is 4.76. The van der Waals surface area contributed by atoms with Crippen LogP contribution in [0.15, 0.2) is 60.7 Å². The third-order valence-corrected chi connectivity index (χ3v) is 8.22. The van der Waals surface area contributed by atoms with Gasteiger partial charge in [-0.05, 0) is 29.6 Å². The van der Waals surface area contributed by atoms with E-state index in [4.69, 9.17) is 8.85 Å². The van der Waals surface area contributed by atoms with Gasteiger partial charge < -0.3 is 8.85 Å². The summed E-state index contributed by atoms with van der Waals surface area (Å²) < 4.78 is 13.6. The molecule has 2 aromatic rings. The summed E-state index contributed by atoms with van der Waals surface area (Å²) >= 11 is 0. The zero-order valence-electron chi connectivity index (χ0n) is 16.6. The van der Waals surface area contributed by atoms with Gasteiger partial charge in [0.2, 0.25) is 0 Å². The molecule has 0 fully saturated rings. The Kier molecular flexibility index (Phi) is 9.10. The zero-order chi connectivity index (χ0) is 18.7. The molecular weight excluding hydrogens is 336 g/mol. The first-order valence-corrected chi connectivity index (χ1v) is 12.0. The first-order valence-electron chi connectivity index (χ1n) is 10.2. The fourth-order valence-electron chi connectivity index (χ4n) is 3.29. The van der Waals surface area contributed by atoms with Crippen molar-refractivity contribution >= 4 is 18.9 Å². The van der Waals surface area contributed by atoms with Gasteiger partial charge >= 0.3 is 8.56 Å². The fourth-order valence-corrected chi connectivity index (χ4v) is 6.74. The van der Waals surface area contributed by atoms with Crippen molar-refractivity contribution in [1.82, 2.24) is 0 Å². The van der Waals surface area contributed by atoms with Crippen molar-refractivity contribution < 1.29 is 8.85 Å². The standard InChI is InChI=1S/C23H34O2Si/c1-4-7-14-20-24-26(22-16-10-8-11-17-22,23-18-12-9-13-19-23)25-21(6-3)15-5-2/h8-13,16-19,21H,4-7,14-15,20H2,1-3H3. The molecule has 0 heterocycles. The molecule has 2 rings (SSSR count). The molecule has 142 valence electrons. The smallest absolute Gasteiger partial charge is 0.388 e. The van der Waals surface area contributed by atoms with E-state index in [9.17, 15) is 0 Å². The number of hydrogen-bond acceptors (Lipinski definition) is 2. The Bertz CT molecular complexity index is 561. The van der Waals surface area contributed by atoms with Crippen LogP contribution in [0.1, 0.15) is 59.3 Å². The summed E-state index contributed by atoms with van der Waals surface area (Å²) in [6, 6.07) is 21.2. The van der Waals surface area contributed by atoms with Crippen LogP contribution in [0.25, 0.3) is 0 Å². The van der Waals surface area contributed by atoms with E-state index in [0.717, 1.165) is 32.3 Å². The molecule has 0 radical (unpaired) electrons. The normalized spacial score (nSPS) is 12.9. The predicted octanol–water partition coefficient (Wildman–Crippen LogP) is 5.05. The first kappa shape index (κ1) is 20.9. The van der Waals surface area contributed by atoms with Crippen LogP contribution in [0.2, 0.25) is 0 Å². The Labute approximate surface area is 160 Å². The zero-order valence-corrected chi connectivity index (χ0v) is 17.6. The van der Waals surface area contributed by atoms with E-state index < -0.39 is 8.56 Å². The van der Waals surface area contributed by atoms with Crippen LogP contribution in [0, 0.1) is 0 Å². The molecule has 26 heavy (non-hydrogen) atoms. The molecule has 0 saturated heterocycles. The number of rotatable bonds is 12. The maximum atomic E-state index is 6.90. The molecule has 0 aromatic heterocycles. The highest BCUT2D eigenvalue weighted by Gasteiger charge is 2.44. The lowest BCUT2D eigenvalue weighted by Crippen LogP contribution is -2.64. The minimum atomic E-state index is -2.72. The molecule has 0 aliphatic carbocycles. The molecule has 0 bridgehead atoms. The number of benzene rings is 2. The van der Waals surface area contributed by atoms with Gasteiger partial charge in [0.15, 0.2) is 0 Å². The summed E-state index contributed by atoms with van der Waals surface area (Å²) in [4.78, 5) is 0. The topological polar surface area (TPSA) is 18.5 Å². The van der Waals surface area contributed by atoms with Gasteiger partial charge in [-0.25, -0.2) is 0 Å². The van der Waals surface area contributed by atoms with Gasteiger partial charge in [0.05, 0.1) is 0 Å². The summed E-state index contributed by atoms with van der Waals surface area (Å²) in [6.07, 6.45) is 6.92. The van der Waals surface area contributed by atoms with E-state index in [1.54, 1.807) is 0 Å². The van der Waals surface area contributed by atoms with Crippen LogP contribution in [-0.4, -0.2) is 21.3 Å². The Balaban J connectivity index is 2.43. The van der Waals surface area contributed by atoms with Crippen molar-refractivity contribution in [2.24, 2.45) is 0 Å². The van der Waals surface area contributed by atoms with Crippen LogP contribution < -0.4 is 10.4 Å². The second-order valence-corrected chi connectivity index (χ2v) is 9.75. The molecule has 3 heteroatoms. The molecular formula is C23H34O2Si. The summed E-state index contributed by atoms with van der Waals surface area (Å²) in [5.41, 5.74) is 0. The van der Waals surface area contributed by atoms with Gasteiger partial charge in [-0.2, -0.15) is 0 Å². The second kappa shape index (κ2) is 11.3. The van der Waals surface area contributed by atoms with Gasteiger partial charge in [-0.3, -0.25) is 0 Å². The molecule has 2 aromatic carbocycles. The van der Waals surface area contributed by atoms with Gasteiger partial charge in [0.25, 0.3) is 0 Å². The lowest BCUT2D eigenvalue weighted by atomic mass is 10.2. The molecule has 2 nitrogen and oxygen atoms in total. The molecule has 0 N–H and O–H groups in total. The quantitative estimate of drug-likeness (QED) is 0.385. The highest BCUT2D eigenvalue weighted by Crippen LogP contribution is 2.18. The first-order chi connectivity index (χ1) is 12.8. The maximum absolute atomic E-state index is 6.90. The molecule has 0 saturated carbocycles. The Hall–Kier alpha value is -1.42. The molecule has 1 unspecified atom stereocenters. The van der Waals surface area contributed by atoms with E-state index in [2.05, 4.69) is 81.4 Å². The monoisotopic (exact) mass is 370 g/mol. The van der Waals surface area contributed by atoms with E-state index in [0.29, 0.717) is 0 Å². The van der Waals surface area contributed by atoms with Gasteiger partial charge in [-0.15, -0.1) is 0 Å². The minimum absolute atomic E-state index is 0.234. The fraction of sp³-hybridized carbons (Fsp3) is 0.478. The summed E-state index contributed by atoms with van der Waals surface area (Å²) in [7, 11) is -2.72. The maximum Gasteiger partial charge on any atom is 0.407 e. The predicted molar refractivity (Wildman–Crippen MR) is 113 cm³/mol. The van der Waals surface area contributed by atoms with Gasteiger partial charge in [-0.1, -0.05) is 101 Å². The Morgan fingerprint density at radius 2 is 1.35 bits per heavy atom. The van der Waals surface area contributed by atoms with Crippen molar-refractivity contribution in [1.29, 1.82) is 0 Å². The van der Waals surface area contributed by atoms with Crippen LogP contribution >= 0.6 is 0 Å². The van der Waals surface area contributed by atoms with Crippen LogP contribution in [0.5, 0.6) is 0 Å². The molecule has 0 aliphatic rings. The summed E-state index contributed by atoms with van der Waals surface area (Å²) in [6.45, 7) is 7.42. The Morgan fingerprint density at radius 1 is 0.769 bits per heavy atom. The van der Waals surface area contributed by atoms with E-state index in [-0.39, 0.29) is 6.10 Å². The summed E-state index contributed by atoms with van der Waals surface area (Å²) in [5.74, 6) is 0. The number of unbranched alkanes of at least 4 members (excludes halogenated alkanes) is 2. The lowest BCUT2D eigenvalue weighted by Gasteiger charge is -2.35. The van der Waals surface area contributed by atoms with Crippen molar-refractivity contribution in [3.05, 3.63) is 60.7 Å². The van der Waals surface area contributed by atoms with Crippen LogP contribution in [0.3, 0.4) is 0 Å². The van der Waals surface area contributed by atoms with Gasteiger partial charge in [0.1, 0.15) is 0 Å². The summed E-state index contributed by atoms with van der Waals surface area (Å²) in [5, 5.41) is 2.41. The van der Waals surface area contributed by atoms with E-state index in [1.807, 2.05) is 0 Å². The SMILES string of the molecule is CCCCCO[Si](OC(CC)CCC)(c1ccccc1)c1ccccc1. The van der Waals surface area contributed by atoms with Crippen molar-refractivity contribution in [3.63, 3.8) is 0 Å². The second-order valence-electron chi connectivity index (χ2n) is 6.84. The molecule has 1 atom stereocenters. The van der Waals surface area contributed by atoms with E-state index >= 15 is 0 Å². The lowest BCUT2D eigenvalue weighted by molar-refractivity contribution is 0.119. The minimum Gasteiger partial charge on any atom is -0.388 e. The molecule has 0 spiro atoms. The van der Waals surface area contributed by atoms with Crippen molar-refractivity contribution in [3.8, 4) is 0 Å². The average Bonchev–Trinajstić information content (AvgIpc) is 2.71. The highest BCUT2D eigenvalue weighted by atomic mass is 28.4. The largest absolute Gasteiger partial charge is 0.407 e. The van der Waals surface area contributed by atoms with E-state index in [1.165, 1.54) is 23.2 Å². The molecule has 0 aliphatic heterocycles. The molecule has 0 amide bonds. The highest BCUT2D eigenvalue weighted by molar-refractivity contribution is 6.92. The van der Waals surface area contributed by atoms with Crippen LogP contribution in [0.4, 0.5) is 0 Å². The average molecular weight is 371 g/mol.